The second-order valence-electron chi connectivity index (χ2n) is 6.54. The lowest BCUT2D eigenvalue weighted by Crippen LogP contribution is -2.36. The molecule has 0 saturated heterocycles. The number of hydrogen-bond acceptors (Lipinski definition) is 6. The molecule has 0 N–H and O–H groups in total. The number of benzene rings is 1. The Labute approximate surface area is 156 Å². The molecule has 4 heterocycles. The van der Waals surface area contributed by atoms with Crippen molar-refractivity contribution in [3.05, 3.63) is 53.9 Å². The van der Waals surface area contributed by atoms with Crippen molar-refractivity contribution in [1.82, 2.24) is 14.3 Å². The van der Waals surface area contributed by atoms with Gasteiger partial charge in [0, 0.05) is 42.9 Å². The molecule has 5 rings (SSSR count). The fourth-order valence-corrected chi connectivity index (χ4v) is 4.91. The maximum absolute atomic E-state index is 13.1. The van der Waals surface area contributed by atoms with Crippen LogP contribution in [0.2, 0.25) is 0 Å². The van der Waals surface area contributed by atoms with Crippen molar-refractivity contribution in [2.45, 2.75) is 17.9 Å². The zero-order chi connectivity index (χ0) is 18.4. The maximum Gasteiger partial charge on any atom is 0.243 e. The minimum Gasteiger partial charge on any atom is -0.486 e. The van der Waals surface area contributed by atoms with Gasteiger partial charge in [-0.1, -0.05) is 0 Å². The molecule has 0 amide bonds. The molecule has 0 aliphatic carbocycles. The molecule has 27 heavy (non-hydrogen) atoms. The topological polar surface area (TPSA) is 81.6 Å². The van der Waals surface area contributed by atoms with Crippen LogP contribution in [-0.2, 0) is 23.0 Å². The highest BCUT2D eigenvalue weighted by molar-refractivity contribution is 7.89. The Hall–Kier alpha value is -2.71. The molecule has 1 aromatic carbocycles. The van der Waals surface area contributed by atoms with Crippen LogP contribution in [0.15, 0.2) is 47.5 Å². The molecule has 3 aromatic rings. The van der Waals surface area contributed by atoms with Crippen molar-refractivity contribution < 1.29 is 17.9 Å². The van der Waals surface area contributed by atoms with Gasteiger partial charge < -0.3 is 9.47 Å². The SMILES string of the molecule is O=S(=O)(c1ccc2c(c1)OCCO2)N1CCc2nc3ncccc3cc2C1. The van der Waals surface area contributed by atoms with Crippen LogP contribution in [0, 0.1) is 0 Å². The number of nitrogens with zero attached hydrogens (tertiary/aromatic N) is 3. The molecule has 8 heteroatoms. The largest absolute Gasteiger partial charge is 0.486 e. The van der Waals surface area contributed by atoms with Crippen molar-refractivity contribution >= 4 is 21.1 Å². The second-order valence-corrected chi connectivity index (χ2v) is 8.48. The monoisotopic (exact) mass is 383 g/mol. The Morgan fingerprint density at radius 1 is 1.04 bits per heavy atom. The lowest BCUT2D eigenvalue weighted by Gasteiger charge is -2.28. The number of aromatic nitrogens is 2. The Morgan fingerprint density at radius 2 is 1.89 bits per heavy atom. The number of hydrogen-bond donors (Lipinski definition) is 0. The van der Waals surface area contributed by atoms with Crippen molar-refractivity contribution in [3.63, 3.8) is 0 Å². The van der Waals surface area contributed by atoms with E-state index in [2.05, 4.69) is 9.97 Å². The molecule has 0 atom stereocenters. The molecule has 0 spiro atoms. The molecular weight excluding hydrogens is 366 g/mol. The molecule has 2 aliphatic rings. The molecule has 2 aromatic heterocycles. The van der Waals surface area contributed by atoms with E-state index < -0.39 is 10.0 Å². The third-order valence-corrected chi connectivity index (χ3v) is 6.70. The smallest absolute Gasteiger partial charge is 0.243 e. The van der Waals surface area contributed by atoms with Crippen molar-refractivity contribution in [1.29, 1.82) is 0 Å². The van der Waals surface area contributed by atoms with Gasteiger partial charge in [0.1, 0.15) is 13.2 Å². The number of ether oxygens (including phenoxy) is 2. The maximum atomic E-state index is 13.1. The minimum absolute atomic E-state index is 0.214. The Kier molecular flexibility index (Phi) is 3.76. The third kappa shape index (κ3) is 2.81. The fraction of sp³-hybridized carbons (Fsp3) is 0.263. The van der Waals surface area contributed by atoms with Crippen LogP contribution in [0.25, 0.3) is 11.0 Å². The Balaban J connectivity index is 1.49. The van der Waals surface area contributed by atoms with Gasteiger partial charge in [-0.25, -0.2) is 18.4 Å². The average molecular weight is 383 g/mol. The summed E-state index contributed by atoms with van der Waals surface area (Å²) in [7, 11) is -3.64. The molecule has 0 fully saturated rings. The summed E-state index contributed by atoms with van der Waals surface area (Å²) in [6.45, 7) is 1.57. The predicted octanol–water partition coefficient (Wildman–Crippen LogP) is 2.15. The normalized spacial score (nSPS) is 16.9. The summed E-state index contributed by atoms with van der Waals surface area (Å²) in [5, 5.41) is 0.912. The van der Waals surface area contributed by atoms with Crippen LogP contribution in [0.1, 0.15) is 11.3 Å². The Morgan fingerprint density at radius 3 is 2.78 bits per heavy atom. The van der Waals surface area contributed by atoms with E-state index in [0.717, 1.165) is 16.6 Å². The Bertz CT molecular complexity index is 1150. The number of fused-ring (bicyclic) bond motifs is 3. The minimum atomic E-state index is -3.64. The molecule has 7 nitrogen and oxygen atoms in total. The molecule has 0 saturated carbocycles. The first-order chi connectivity index (χ1) is 13.1. The molecule has 0 radical (unpaired) electrons. The third-order valence-electron chi connectivity index (χ3n) is 4.85. The first kappa shape index (κ1) is 16.5. The van der Waals surface area contributed by atoms with Crippen molar-refractivity contribution in [2.75, 3.05) is 19.8 Å². The van der Waals surface area contributed by atoms with Crippen LogP contribution in [0.3, 0.4) is 0 Å². The van der Waals surface area contributed by atoms with E-state index >= 15 is 0 Å². The van der Waals surface area contributed by atoms with Gasteiger partial charge in [-0.05, 0) is 35.9 Å². The number of pyridine rings is 2. The van der Waals surface area contributed by atoms with E-state index in [1.165, 1.54) is 4.31 Å². The van der Waals surface area contributed by atoms with Gasteiger partial charge in [0.25, 0.3) is 0 Å². The molecule has 0 unspecified atom stereocenters. The standard InChI is InChI=1S/C19H17N3O4S/c23-27(24,15-3-4-17-18(11-15)26-9-8-25-17)22-7-5-16-14(12-22)10-13-2-1-6-20-19(13)21-16/h1-4,6,10-11H,5,7-9,12H2. The summed E-state index contributed by atoms with van der Waals surface area (Å²) in [6.07, 6.45) is 2.27. The first-order valence-corrected chi connectivity index (χ1v) is 10.2. The highest BCUT2D eigenvalue weighted by atomic mass is 32.2. The van der Waals surface area contributed by atoms with E-state index in [0.29, 0.717) is 49.9 Å². The average Bonchev–Trinajstić information content (AvgIpc) is 2.71. The lowest BCUT2D eigenvalue weighted by atomic mass is 10.1. The lowest BCUT2D eigenvalue weighted by molar-refractivity contribution is 0.171. The predicted molar refractivity (Wildman–Crippen MR) is 98.3 cm³/mol. The first-order valence-electron chi connectivity index (χ1n) is 8.74. The van der Waals surface area contributed by atoms with E-state index in [-0.39, 0.29) is 4.90 Å². The quantitative estimate of drug-likeness (QED) is 0.674. The number of rotatable bonds is 2. The summed E-state index contributed by atoms with van der Waals surface area (Å²) in [6, 6.07) is 10.5. The summed E-state index contributed by atoms with van der Waals surface area (Å²) in [5.41, 5.74) is 2.53. The van der Waals surface area contributed by atoms with Crippen LogP contribution in [0.4, 0.5) is 0 Å². The van der Waals surface area contributed by atoms with Gasteiger partial charge in [0.15, 0.2) is 17.1 Å². The van der Waals surface area contributed by atoms with Gasteiger partial charge >= 0.3 is 0 Å². The summed E-state index contributed by atoms with van der Waals surface area (Å²) < 4.78 is 38.8. The zero-order valence-electron chi connectivity index (χ0n) is 14.5. The molecule has 138 valence electrons. The van der Waals surface area contributed by atoms with E-state index in [4.69, 9.17) is 9.47 Å². The van der Waals surface area contributed by atoms with Crippen LogP contribution >= 0.6 is 0 Å². The summed E-state index contributed by atoms with van der Waals surface area (Å²) in [5.74, 6) is 1.05. The second kappa shape index (κ2) is 6.17. The van der Waals surface area contributed by atoms with E-state index in [1.807, 2.05) is 18.2 Å². The highest BCUT2D eigenvalue weighted by Gasteiger charge is 2.30. The van der Waals surface area contributed by atoms with Gasteiger partial charge in [-0.3, -0.25) is 0 Å². The van der Waals surface area contributed by atoms with E-state index in [9.17, 15) is 8.42 Å². The summed E-state index contributed by atoms with van der Waals surface area (Å²) in [4.78, 5) is 9.08. The van der Waals surface area contributed by atoms with Crippen molar-refractivity contribution in [3.8, 4) is 11.5 Å². The molecule has 2 aliphatic heterocycles. The van der Waals surface area contributed by atoms with Crippen LogP contribution < -0.4 is 9.47 Å². The van der Waals surface area contributed by atoms with Gasteiger partial charge in [0.2, 0.25) is 10.0 Å². The van der Waals surface area contributed by atoms with Gasteiger partial charge in [-0.15, -0.1) is 0 Å². The summed E-state index contributed by atoms with van der Waals surface area (Å²) >= 11 is 0. The number of sulfonamides is 1. The zero-order valence-corrected chi connectivity index (χ0v) is 15.3. The van der Waals surface area contributed by atoms with E-state index in [1.54, 1.807) is 24.4 Å². The molecular formula is C19H17N3O4S. The van der Waals surface area contributed by atoms with Crippen LogP contribution in [0.5, 0.6) is 11.5 Å². The highest BCUT2D eigenvalue weighted by Crippen LogP contribution is 2.34. The van der Waals surface area contributed by atoms with Crippen LogP contribution in [-0.4, -0.2) is 42.4 Å². The fourth-order valence-electron chi connectivity index (χ4n) is 3.48. The van der Waals surface area contributed by atoms with Gasteiger partial charge in [0.05, 0.1) is 4.90 Å². The van der Waals surface area contributed by atoms with Crippen molar-refractivity contribution in [2.24, 2.45) is 0 Å². The molecule has 0 bridgehead atoms. The van der Waals surface area contributed by atoms with Gasteiger partial charge in [-0.2, -0.15) is 4.31 Å².